The summed E-state index contributed by atoms with van der Waals surface area (Å²) in [5.41, 5.74) is 11.9. The Bertz CT molecular complexity index is 3230. The van der Waals surface area contributed by atoms with E-state index in [2.05, 4.69) is 163 Å². The lowest BCUT2D eigenvalue weighted by Gasteiger charge is -2.16. The van der Waals surface area contributed by atoms with E-state index in [1.807, 2.05) is 47.7 Å². The number of aryl methyl sites for hydroxylation is 1. The molecule has 57 heavy (non-hydrogen) atoms. The van der Waals surface area contributed by atoms with Gasteiger partial charge in [0, 0.05) is 47.6 Å². The van der Waals surface area contributed by atoms with Gasteiger partial charge in [-0.25, -0.2) is 15.0 Å². The first-order valence-electron chi connectivity index (χ1n) is 19.2. The van der Waals surface area contributed by atoms with Gasteiger partial charge in [0.15, 0.2) is 17.5 Å². The van der Waals surface area contributed by atoms with Crippen LogP contribution < -0.4 is 0 Å². The number of para-hydroxylation sites is 1. The Morgan fingerprint density at radius 2 is 0.895 bits per heavy atom. The summed E-state index contributed by atoms with van der Waals surface area (Å²) in [7, 11) is 0. The minimum atomic E-state index is 0.615. The van der Waals surface area contributed by atoms with Crippen LogP contribution in [0.25, 0.3) is 104 Å². The second kappa shape index (κ2) is 13.5. The predicted molar refractivity (Wildman–Crippen MR) is 239 cm³/mol. The molecule has 3 heterocycles. The minimum absolute atomic E-state index is 0.615. The fourth-order valence-electron chi connectivity index (χ4n) is 8.08. The smallest absolute Gasteiger partial charge is 0.166 e. The molecule has 0 bridgehead atoms. The van der Waals surface area contributed by atoms with Crippen LogP contribution in [0.4, 0.5) is 0 Å². The second-order valence-corrected chi connectivity index (χ2v) is 15.6. The molecule has 0 atom stereocenters. The number of thiophene rings is 1. The van der Waals surface area contributed by atoms with Crippen molar-refractivity contribution < 1.29 is 0 Å². The van der Waals surface area contributed by atoms with Gasteiger partial charge in [-0.2, -0.15) is 0 Å². The van der Waals surface area contributed by atoms with E-state index in [9.17, 15) is 0 Å². The van der Waals surface area contributed by atoms with E-state index in [-0.39, 0.29) is 0 Å². The van der Waals surface area contributed by atoms with Crippen LogP contribution >= 0.6 is 11.3 Å². The predicted octanol–water partition coefficient (Wildman–Crippen LogP) is 14.0. The van der Waals surface area contributed by atoms with Gasteiger partial charge in [0.2, 0.25) is 0 Å². The summed E-state index contributed by atoms with van der Waals surface area (Å²) in [5.74, 6) is 1.88. The molecule has 0 saturated carbocycles. The zero-order valence-corrected chi connectivity index (χ0v) is 31.9. The highest BCUT2D eigenvalue weighted by molar-refractivity contribution is 7.25. The molecule has 0 aliphatic heterocycles. The van der Waals surface area contributed by atoms with Crippen molar-refractivity contribution in [3.05, 3.63) is 194 Å². The summed E-state index contributed by atoms with van der Waals surface area (Å²) in [6, 6.07) is 66.9. The Balaban J connectivity index is 1.19. The van der Waals surface area contributed by atoms with Crippen LogP contribution in [0.5, 0.6) is 0 Å². The lowest BCUT2D eigenvalue weighted by Crippen LogP contribution is -2.04. The molecule has 0 saturated heterocycles. The number of nitrogens with zero attached hydrogens (tertiary/aromatic N) is 4. The monoisotopic (exact) mass is 746 g/mol. The maximum atomic E-state index is 5.27. The summed E-state index contributed by atoms with van der Waals surface area (Å²) < 4.78 is 4.96. The first kappa shape index (κ1) is 33.2. The highest BCUT2D eigenvalue weighted by Crippen LogP contribution is 2.41. The van der Waals surface area contributed by atoms with Gasteiger partial charge in [-0.1, -0.05) is 145 Å². The maximum absolute atomic E-state index is 5.27. The molecule has 268 valence electrons. The number of benzene rings is 8. The topological polar surface area (TPSA) is 43.6 Å². The van der Waals surface area contributed by atoms with E-state index in [0.29, 0.717) is 17.5 Å². The molecule has 0 amide bonds. The third-order valence-corrected chi connectivity index (χ3v) is 12.1. The van der Waals surface area contributed by atoms with Gasteiger partial charge in [0.05, 0.1) is 16.7 Å². The molecule has 0 fully saturated rings. The Morgan fingerprint density at radius 3 is 1.65 bits per heavy atom. The summed E-state index contributed by atoms with van der Waals surface area (Å²) in [6.45, 7) is 2.13. The SMILES string of the molecule is Cc1ccc(-c2ccc3c(c2)c2ccccc2n3-c2ccc(-c3ccc4sc5ccccc5c4c3)cc2-c2nc(-c3ccccc3)nc(-c3ccccc3)n2)cc1. The van der Waals surface area contributed by atoms with Crippen LogP contribution in [-0.2, 0) is 0 Å². The van der Waals surface area contributed by atoms with Crippen molar-refractivity contribution in [2.45, 2.75) is 6.92 Å². The minimum Gasteiger partial charge on any atom is -0.309 e. The van der Waals surface area contributed by atoms with E-state index in [1.165, 1.54) is 47.6 Å². The quantitative estimate of drug-likeness (QED) is 0.170. The zero-order chi connectivity index (χ0) is 37.9. The molecule has 0 spiro atoms. The number of aromatic nitrogens is 4. The largest absolute Gasteiger partial charge is 0.309 e. The van der Waals surface area contributed by atoms with Crippen LogP contribution in [0.1, 0.15) is 5.56 Å². The molecule has 11 rings (SSSR count). The van der Waals surface area contributed by atoms with E-state index in [0.717, 1.165) is 44.5 Å². The van der Waals surface area contributed by atoms with Gasteiger partial charge in [0.25, 0.3) is 0 Å². The molecule has 8 aromatic carbocycles. The lowest BCUT2D eigenvalue weighted by atomic mass is 9.99. The van der Waals surface area contributed by atoms with E-state index in [4.69, 9.17) is 15.0 Å². The van der Waals surface area contributed by atoms with Gasteiger partial charge in [0.1, 0.15) is 0 Å². The lowest BCUT2D eigenvalue weighted by molar-refractivity contribution is 1.06. The van der Waals surface area contributed by atoms with Crippen molar-refractivity contribution in [1.82, 2.24) is 19.5 Å². The van der Waals surface area contributed by atoms with Gasteiger partial charge in [-0.05, 0) is 77.7 Å². The molecule has 3 aromatic heterocycles. The molecular weight excluding hydrogens is 713 g/mol. The molecule has 0 unspecified atom stereocenters. The standard InChI is InChI=1S/C52H34N4S/c1-33-20-22-34(23-21-33)37-24-27-46-42(30-37)40-16-8-10-18-45(40)56(46)47-28-25-38(39-26-29-49-43(31-39)41-17-9-11-19-48(41)57-49)32-44(47)52-54-50(35-12-4-2-5-13-35)53-51(55-52)36-14-6-3-7-15-36/h2-32H,1H3. The van der Waals surface area contributed by atoms with Gasteiger partial charge < -0.3 is 4.57 Å². The van der Waals surface area contributed by atoms with E-state index >= 15 is 0 Å². The first-order valence-corrected chi connectivity index (χ1v) is 20.0. The third kappa shape index (κ3) is 5.79. The van der Waals surface area contributed by atoms with Crippen molar-refractivity contribution in [3.8, 4) is 62.1 Å². The fraction of sp³-hybridized carbons (Fsp3) is 0.0192. The number of fused-ring (bicyclic) bond motifs is 6. The third-order valence-electron chi connectivity index (χ3n) is 10.9. The van der Waals surface area contributed by atoms with Crippen LogP contribution in [0.3, 0.4) is 0 Å². The Morgan fingerprint density at radius 1 is 0.368 bits per heavy atom. The van der Waals surface area contributed by atoms with Crippen LogP contribution in [0.2, 0.25) is 0 Å². The molecular formula is C52H34N4S. The molecule has 0 aliphatic carbocycles. The highest BCUT2D eigenvalue weighted by Gasteiger charge is 2.21. The molecule has 0 N–H and O–H groups in total. The number of hydrogen-bond acceptors (Lipinski definition) is 4. The van der Waals surface area contributed by atoms with Crippen molar-refractivity contribution in [2.24, 2.45) is 0 Å². The average molecular weight is 747 g/mol. The Kier molecular flexibility index (Phi) is 7.86. The zero-order valence-electron chi connectivity index (χ0n) is 31.1. The average Bonchev–Trinajstić information content (AvgIpc) is 3.82. The van der Waals surface area contributed by atoms with Crippen LogP contribution in [0.15, 0.2) is 188 Å². The van der Waals surface area contributed by atoms with E-state index in [1.54, 1.807) is 0 Å². The summed E-state index contributed by atoms with van der Waals surface area (Å²) in [4.78, 5) is 15.6. The van der Waals surface area contributed by atoms with Crippen molar-refractivity contribution in [3.63, 3.8) is 0 Å². The highest BCUT2D eigenvalue weighted by atomic mass is 32.1. The fourth-order valence-corrected chi connectivity index (χ4v) is 9.17. The number of rotatable bonds is 6. The van der Waals surface area contributed by atoms with Gasteiger partial charge in [-0.3, -0.25) is 0 Å². The Hall–Kier alpha value is -7.21. The maximum Gasteiger partial charge on any atom is 0.166 e. The van der Waals surface area contributed by atoms with Crippen molar-refractivity contribution in [2.75, 3.05) is 0 Å². The second-order valence-electron chi connectivity index (χ2n) is 14.5. The van der Waals surface area contributed by atoms with Crippen molar-refractivity contribution >= 4 is 53.3 Å². The summed E-state index contributed by atoms with van der Waals surface area (Å²) in [5, 5.41) is 4.93. The van der Waals surface area contributed by atoms with Gasteiger partial charge >= 0.3 is 0 Å². The van der Waals surface area contributed by atoms with Gasteiger partial charge in [-0.15, -0.1) is 11.3 Å². The summed E-state index contributed by atoms with van der Waals surface area (Å²) >= 11 is 1.84. The van der Waals surface area contributed by atoms with Crippen molar-refractivity contribution in [1.29, 1.82) is 0 Å². The Labute approximate surface area is 334 Å². The number of hydrogen-bond donors (Lipinski definition) is 0. The normalized spacial score (nSPS) is 11.6. The molecule has 0 aliphatic rings. The van der Waals surface area contributed by atoms with E-state index < -0.39 is 0 Å². The first-order chi connectivity index (χ1) is 28.1. The molecule has 0 radical (unpaired) electrons. The molecule has 11 aromatic rings. The summed E-state index contributed by atoms with van der Waals surface area (Å²) in [6.07, 6.45) is 0. The molecule has 4 nitrogen and oxygen atoms in total. The van der Waals surface area contributed by atoms with Crippen LogP contribution in [0, 0.1) is 6.92 Å². The van der Waals surface area contributed by atoms with Crippen LogP contribution in [-0.4, -0.2) is 19.5 Å². The molecule has 5 heteroatoms.